The Bertz CT molecular complexity index is 483. The van der Waals surface area contributed by atoms with Crippen LogP contribution in [0.1, 0.15) is 23.2 Å². The minimum atomic E-state index is -2.98. The summed E-state index contributed by atoms with van der Waals surface area (Å²) in [4.78, 5) is 13.9. The lowest BCUT2D eigenvalue weighted by Crippen LogP contribution is -2.09. The molecule has 0 N–H and O–H groups in total. The van der Waals surface area contributed by atoms with Gasteiger partial charge in [0, 0.05) is 0 Å². The molecule has 0 aliphatic heterocycles. The van der Waals surface area contributed by atoms with Crippen molar-refractivity contribution < 1.29 is 22.7 Å². The predicted octanol–water partition coefficient (Wildman–Crippen LogP) is 1.75. The van der Waals surface area contributed by atoms with Gasteiger partial charge in [0.25, 0.3) is 6.43 Å². The number of carbonyl (C=O) groups is 1. The summed E-state index contributed by atoms with van der Waals surface area (Å²) in [6.07, 6.45) is -3.44. The Morgan fingerprint density at radius 1 is 1.65 bits per heavy atom. The van der Waals surface area contributed by atoms with E-state index in [1.807, 2.05) is 0 Å². The van der Waals surface area contributed by atoms with Crippen LogP contribution in [0.15, 0.2) is 6.07 Å². The summed E-state index contributed by atoms with van der Waals surface area (Å²) in [7, 11) is 1.10. The molecule has 7 heteroatoms. The molecule has 0 aromatic carbocycles. The van der Waals surface area contributed by atoms with E-state index in [-0.39, 0.29) is 5.56 Å². The van der Waals surface area contributed by atoms with E-state index >= 15 is 0 Å². The highest BCUT2D eigenvalue weighted by Crippen LogP contribution is 2.21. The van der Waals surface area contributed by atoms with Crippen molar-refractivity contribution in [3.8, 4) is 6.07 Å². The summed E-state index contributed by atoms with van der Waals surface area (Å²) < 4.78 is 42.2. The molecule has 17 heavy (non-hydrogen) atoms. The summed E-state index contributed by atoms with van der Waals surface area (Å²) in [6, 6.07) is 2.29. The molecule has 90 valence electrons. The zero-order chi connectivity index (χ0) is 13.0. The van der Waals surface area contributed by atoms with Crippen molar-refractivity contribution in [2.24, 2.45) is 0 Å². The predicted molar refractivity (Wildman–Crippen MR) is 49.6 cm³/mol. The summed E-state index contributed by atoms with van der Waals surface area (Å²) in [5.74, 6) is -2.07. The number of ether oxygens (including phenoxy) is 1. The second-order valence-corrected chi connectivity index (χ2v) is 3.04. The van der Waals surface area contributed by atoms with Crippen molar-refractivity contribution in [2.75, 3.05) is 7.11 Å². The van der Waals surface area contributed by atoms with Crippen LogP contribution in [0, 0.1) is 17.3 Å². The van der Waals surface area contributed by atoms with Gasteiger partial charge >= 0.3 is 5.97 Å². The monoisotopic (exact) mass is 244 g/mol. The van der Waals surface area contributed by atoms with E-state index in [0.29, 0.717) is 0 Å². The highest BCUT2D eigenvalue weighted by Gasteiger charge is 2.19. The maximum Gasteiger partial charge on any atom is 0.310 e. The number of nitrogens with zero attached hydrogens (tertiary/aromatic N) is 2. The molecule has 1 heterocycles. The molecule has 0 saturated carbocycles. The van der Waals surface area contributed by atoms with Gasteiger partial charge in [0.15, 0.2) is 0 Å². The Hall–Kier alpha value is -2.10. The van der Waals surface area contributed by atoms with E-state index in [0.717, 1.165) is 13.2 Å². The van der Waals surface area contributed by atoms with Crippen LogP contribution in [0.3, 0.4) is 0 Å². The number of esters is 1. The Labute approximate surface area is 94.6 Å². The average molecular weight is 244 g/mol. The third-order valence-electron chi connectivity index (χ3n) is 1.97. The number of hydrogen-bond acceptors (Lipinski definition) is 4. The van der Waals surface area contributed by atoms with Crippen LogP contribution in [0.5, 0.6) is 0 Å². The smallest absolute Gasteiger partial charge is 0.310 e. The highest BCUT2D eigenvalue weighted by atomic mass is 19.3. The molecule has 1 aromatic heterocycles. The number of rotatable bonds is 3. The number of methoxy groups -OCH3 is 1. The van der Waals surface area contributed by atoms with Crippen LogP contribution in [0.4, 0.5) is 13.2 Å². The fraction of sp³-hybridized carbons (Fsp3) is 0.300. The van der Waals surface area contributed by atoms with Gasteiger partial charge in [-0.1, -0.05) is 0 Å². The zero-order valence-corrected chi connectivity index (χ0v) is 8.71. The number of nitriles is 1. The number of halogens is 3. The first-order valence-electron chi connectivity index (χ1n) is 4.44. The van der Waals surface area contributed by atoms with Crippen molar-refractivity contribution in [2.45, 2.75) is 12.8 Å². The molecular formula is C10H7F3N2O2. The number of carbonyl (C=O) groups excluding carboxylic acids is 1. The normalized spacial score (nSPS) is 10.1. The van der Waals surface area contributed by atoms with Crippen LogP contribution in [0.2, 0.25) is 0 Å². The lowest BCUT2D eigenvalue weighted by molar-refractivity contribution is -0.139. The SMILES string of the molecule is COC(=O)Cc1cc(C(F)F)nc(F)c1C#N. The van der Waals surface area contributed by atoms with Crippen LogP contribution in [-0.4, -0.2) is 18.1 Å². The molecule has 0 saturated heterocycles. The minimum absolute atomic E-state index is 0.165. The first-order chi connectivity index (χ1) is 7.99. The zero-order valence-electron chi connectivity index (χ0n) is 8.71. The Morgan fingerprint density at radius 3 is 2.76 bits per heavy atom. The molecule has 0 fully saturated rings. The summed E-state index contributed by atoms with van der Waals surface area (Å²) in [5, 5.41) is 8.64. The van der Waals surface area contributed by atoms with E-state index in [2.05, 4.69) is 9.72 Å². The highest BCUT2D eigenvalue weighted by molar-refractivity contribution is 5.73. The van der Waals surface area contributed by atoms with Crippen LogP contribution in [-0.2, 0) is 16.0 Å². The van der Waals surface area contributed by atoms with Gasteiger partial charge in [0.2, 0.25) is 5.95 Å². The molecule has 4 nitrogen and oxygen atoms in total. The summed E-state index contributed by atoms with van der Waals surface area (Å²) >= 11 is 0. The van der Waals surface area contributed by atoms with Gasteiger partial charge in [-0.2, -0.15) is 9.65 Å². The lowest BCUT2D eigenvalue weighted by atomic mass is 10.1. The second-order valence-electron chi connectivity index (χ2n) is 3.04. The molecule has 0 aliphatic rings. The largest absolute Gasteiger partial charge is 0.469 e. The first-order valence-corrected chi connectivity index (χ1v) is 4.44. The average Bonchev–Trinajstić information content (AvgIpc) is 2.28. The number of hydrogen-bond donors (Lipinski definition) is 0. The van der Waals surface area contributed by atoms with Crippen LogP contribution < -0.4 is 0 Å². The number of alkyl halides is 2. The van der Waals surface area contributed by atoms with Gasteiger partial charge in [-0.3, -0.25) is 4.79 Å². The van der Waals surface area contributed by atoms with Crippen molar-refractivity contribution in [1.82, 2.24) is 4.98 Å². The quantitative estimate of drug-likeness (QED) is 0.600. The van der Waals surface area contributed by atoms with Gasteiger partial charge in [-0.05, 0) is 11.6 Å². The van der Waals surface area contributed by atoms with Gasteiger partial charge in [0.05, 0.1) is 13.5 Å². The van der Waals surface area contributed by atoms with E-state index < -0.39 is 36.0 Å². The van der Waals surface area contributed by atoms with Crippen molar-refractivity contribution in [1.29, 1.82) is 5.26 Å². The molecule has 1 rings (SSSR count). The lowest BCUT2D eigenvalue weighted by Gasteiger charge is -2.06. The molecule has 0 unspecified atom stereocenters. The molecule has 0 radical (unpaired) electrons. The van der Waals surface area contributed by atoms with Crippen molar-refractivity contribution in [3.05, 3.63) is 28.8 Å². The topological polar surface area (TPSA) is 63.0 Å². The molecule has 0 amide bonds. The van der Waals surface area contributed by atoms with E-state index in [4.69, 9.17) is 5.26 Å². The van der Waals surface area contributed by atoms with E-state index in [1.165, 1.54) is 6.07 Å². The third-order valence-corrected chi connectivity index (χ3v) is 1.97. The van der Waals surface area contributed by atoms with Gasteiger partial charge in [-0.15, -0.1) is 0 Å². The Balaban J connectivity index is 3.25. The van der Waals surface area contributed by atoms with Gasteiger partial charge < -0.3 is 4.74 Å². The van der Waals surface area contributed by atoms with Gasteiger partial charge in [0.1, 0.15) is 17.3 Å². The molecule has 1 aromatic rings. The fourth-order valence-electron chi connectivity index (χ4n) is 1.18. The second kappa shape index (κ2) is 5.30. The first kappa shape index (κ1) is 13.0. The maximum absolute atomic E-state index is 13.2. The Kier molecular flexibility index (Phi) is 4.04. The van der Waals surface area contributed by atoms with Crippen LogP contribution in [0.25, 0.3) is 0 Å². The van der Waals surface area contributed by atoms with Gasteiger partial charge in [-0.25, -0.2) is 13.8 Å². The molecule has 0 aliphatic carbocycles. The van der Waals surface area contributed by atoms with Crippen LogP contribution >= 0.6 is 0 Å². The molecule has 0 bridgehead atoms. The van der Waals surface area contributed by atoms with Crippen molar-refractivity contribution >= 4 is 5.97 Å². The summed E-state index contributed by atoms with van der Waals surface area (Å²) in [5.41, 5.74) is -1.51. The standard InChI is InChI=1S/C10H7F3N2O2/c1-17-8(16)3-5-2-7(9(11)12)15-10(13)6(5)4-14/h2,9H,3H2,1H3. The number of aromatic nitrogens is 1. The fourth-order valence-corrected chi connectivity index (χ4v) is 1.18. The molecule has 0 spiro atoms. The Morgan fingerprint density at radius 2 is 2.29 bits per heavy atom. The molecule has 0 atom stereocenters. The summed E-state index contributed by atoms with van der Waals surface area (Å²) in [6.45, 7) is 0. The third kappa shape index (κ3) is 2.93. The van der Waals surface area contributed by atoms with Crippen molar-refractivity contribution in [3.63, 3.8) is 0 Å². The van der Waals surface area contributed by atoms with E-state index in [9.17, 15) is 18.0 Å². The molecular weight excluding hydrogens is 237 g/mol. The minimum Gasteiger partial charge on any atom is -0.469 e. The van der Waals surface area contributed by atoms with E-state index in [1.54, 1.807) is 0 Å². The maximum atomic E-state index is 13.2. The number of pyridine rings is 1.